The van der Waals surface area contributed by atoms with Gasteiger partial charge in [0.05, 0.1) is 18.6 Å². The fraction of sp³-hybridized carbons (Fsp3) is 0.750. The number of carbonyl (C=O) groups excluding carboxylic acids is 2. The second-order valence-corrected chi connectivity index (χ2v) is 6.33. The summed E-state index contributed by atoms with van der Waals surface area (Å²) >= 11 is 0. The van der Waals surface area contributed by atoms with Crippen LogP contribution in [-0.4, -0.2) is 42.1 Å². The third-order valence-corrected chi connectivity index (χ3v) is 5.00. The van der Waals surface area contributed by atoms with Crippen LogP contribution in [0.1, 0.15) is 32.1 Å². The Morgan fingerprint density at radius 2 is 2.05 bits per heavy atom. The highest BCUT2D eigenvalue weighted by Gasteiger charge is 2.56. The van der Waals surface area contributed by atoms with Gasteiger partial charge < -0.3 is 19.3 Å². The van der Waals surface area contributed by atoms with Crippen LogP contribution in [0.3, 0.4) is 0 Å². The van der Waals surface area contributed by atoms with Crippen LogP contribution in [0.5, 0.6) is 0 Å². The van der Waals surface area contributed by atoms with E-state index >= 15 is 0 Å². The van der Waals surface area contributed by atoms with E-state index in [1.807, 2.05) is 0 Å². The predicted molar refractivity (Wildman–Crippen MR) is 75.5 cm³/mol. The van der Waals surface area contributed by atoms with E-state index < -0.39 is 24.5 Å². The van der Waals surface area contributed by atoms with Crippen LogP contribution in [0.25, 0.3) is 0 Å². The van der Waals surface area contributed by atoms with Gasteiger partial charge in [-0.1, -0.05) is 6.58 Å². The van der Waals surface area contributed by atoms with Crippen LogP contribution in [0.4, 0.5) is 0 Å². The quantitative estimate of drug-likeness (QED) is 0.620. The Morgan fingerprint density at radius 3 is 2.68 bits per heavy atom. The Labute approximate surface area is 129 Å². The van der Waals surface area contributed by atoms with Crippen molar-refractivity contribution in [3.8, 4) is 0 Å². The van der Waals surface area contributed by atoms with E-state index in [0.29, 0.717) is 19.4 Å². The summed E-state index contributed by atoms with van der Waals surface area (Å²) in [5.41, 5.74) is 0. The molecule has 2 saturated carbocycles. The van der Waals surface area contributed by atoms with E-state index in [9.17, 15) is 14.7 Å². The second kappa shape index (κ2) is 6.38. The van der Waals surface area contributed by atoms with E-state index in [1.165, 1.54) is 0 Å². The van der Waals surface area contributed by atoms with Crippen molar-refractivity contribution in [2.24, 2.45) is 17.8 Å². The topological polar surface area (TPSA) is 82.1 Å². The number of carbonyl (C=O) groups is 2. The molecule has 0 aromatic heterocycles. The van der Waals surface area contributed by atoms with Crippen molar-refractivity contribution in [2.45, 2.75) is 50.6 Å². The standard InChI is InChI=1S/C16H22O6/c1-2-12(17)21-15-10-7-9(14(15)18)8-11(10)16(19)22-13-5-3-4-6-20-13/h2,9-11,13-15,18H,1,3-8H2. The van der Waals surface area contributed by atoms with Crippen LogP contribution in [0.2, 0.25) is 0 Å². The van der Waals surface area contributed by atoms with Crippen molar-refractivity contribution in [2.75, 3.05) is 6.61 Å². The van der Waals surface area contributed by atoms with E-state index in [1.54, 1.807) is 0 Å². The van der Waals surface area contributed by atoms with Gasteiger partial charge in [-0.25, -0.2) is 4.79 Å². The highest BCUT2D eigenvalue weighted by molar-refractivity contribution is 5.81. The lowest BCUT2D eigenvalue weighted by molar-refractivity contribution is -0.196. The Balaban J connectivity index is 1.61. The third kappa shape index (κ3) is 2.90. The van der Waals surface area contributed by atoms with Gasteiger partial charge in [-0.2, -0.15) is 0 Å². The fourth-order valence-electron chi connectivity index (χ4n) is 3.91. The maximum Gasteiger partial charge on any atom is 0.330 e. The van der Waals surface area contributed by atoms with Gasteiger partial charge in [0.2, 0.25) is 6.29 Å². The summed E-state index contributed by atoms with van der Waals surface area (Å²) in [6.07, 6.45) is 3.24. The fourth-order valence-corrected chi connectivity index (χ4v) is 3.91. The molecule has 22 heavy (non-hydrogen) atoms. The minimum absolute atomic E-state index is 0.0163. The molecule has 0 radical (unpaired) electrons. The first-order valence-corrected chi connectivity index (χ1v) is 7.93. The molecule has 6 atom stereocenters. The number of hydrogen-bond acceptors (Lipinski definition) is 6. The van der Waals surface area contributed by atoms with Gasteiger partial charge in [0.25, 0.3) is 0 Å². The summed E-state index contributed by atoms with van der Waals surface area (Å²) in [7, 11) is 0. The molecule has 2 bridgehead atoms. The highest BCUT2D eigenvalue weighted by Crippen LogP contribution is 2.50. The van der Waals surface area contributed by atoms with E-state index in [4.69, 9.17) is 14.2 Å². The molecule has 1 N–H and O–H groups in total. The van der Waals surface area contributed by atoms with Crippen molar-refractivity contribution in [3.63, 3.8) is 0 Å². The molecule has 0 spiro atoms. The lowest BCUT2D eigenvalue weighted by Gasteiger charge is -2.32. The molecule has 3 fully saturated rings. The summed E-state index contributed by atoms with van der Waals surface area (Å²) in [4.78, 5) is 23.8. The molecule has 1 aliphatic heterocycles. The number of aliphatic hydroxyl groups is 1. The van der Waals surface area contributed by atoms with Crippen LogP contribution >= 0.6 is 0 Å². The smallest absolute Gasteiger partial charge is 0.330 e. The molecule has 122 valence electrons. The number of aliphatic hydroxyl groups excluding tert-OH is 1. The molecule has 0 aromatic carbocycles. The molecule has 6 unspecified atom stereocenters. The molecule has 0 amide bonds. The Kier molecular flexibility index (Phi) is 4.49. The molecule has 1 saturated heterocycles. The Bertz CT molecular complexity index is 456. The summed E-state index contributed by atoms with van der Waals surface area (Å²) in [5.74, 6) is -1.40. The Hall–Kier alpha value is -1.40. The van der Waals surface area contributed by atoms with E-state index in [-0.39, 0.29) is 23.7 Å². The van der Waals surface area contributed by atoms with Crippen molar-refractivity contribution in [1.29, 1.82) is 0 Å². The molecular formula is C16H22O6. The normalized spacial score (nSPS) is 40.2. The minimum Gasteiger partial charge on any atom is -0.456 e. The zero-order chi connectivity index (χ0) is 15.7. The zero-order valence-corrected chi connectivity index (χ0v) is 12.5. The maximum atomic E-state index is 12.4. The lowest BCUT2D eigenvalue weighted by Crippen LogP contribution is -2.43. The summed E-state index contributed by atoms with van der Waals surface area (Å²) in [5, 5.41) is 10.2. The van der Waals surface area contributed by atoms with Crippen molar-refractivity contribution in [3.05, 3.63) is 12.7 Å². The van der Waals surface area contributed by atoms with Crippen molar-refractivity contribution >= 4 is 11.9 Å². The molecule has 6 nitrogen and oxygen atoms in total. The molecule has 1 heterocycles. The van der Waals surface area contributed by atoms with Gasteiger partial charge >= 0.3 is 11.9 Å². The summed E-state index contributed by atoms with van der Waals surface area (Å²) in [6, 6.07) is 0. The van der Waals surface area contributed by atoms with Crippen LogP contribution in [0, 0.1) is 17.8 Å². The van der Waals surface area contributed by atoms with Gasteiger partial charge in [0.15, 0.2) is 0 Å². The van der Waals surface area contributed by atoms with Gasteiger partial charge in [-0.15, -0.1) is 0 Å². The monoisotopic (exact) mass is 310 g/mol. The molecule has 6 heteroatoms. The molecule has 2 aliphatic carbocycles. The SMILES string of the molecule is C=CC(=O)OC1C(O)C2CC(C(=O)OC3CCCCO3)C1C2. The molecular weight excluding hydrogens is 288 g/mol. The first-order chi connectivity index (χ1) is 10.6. The summed E-state index contributed by atoms with van der Waals surface area (Å²) < 4.78 is 16.1. The van der Waals surface area contributed by atoms with E-state index in [0.717, 1.165) is 25.3 Å². The zero-order valence-electron chi connectivity index (χ0n) is 12.5. The third-order valence-electron chi connectivity index (χ3n) is 5.00. The molecule has 3 aliphatic rings. The first kappa shape index (κ1) is 15.5. The van der Waals surface area contributed by atoms with Crippen LogP contribution < -0.4 is 0 Å². The van der Waals surface area contributed by atoms with Gasteiger partial charge in [-0.3, -0.25) is 4.79 Å². The van der Waals surface area contributed by atoms with E-state index in [2.05, 4.69) is 6.58 Å². The minimum atomic E-state index is -0.705. The van der Waals surface area contributed by atoms with Gasteiger partial charge in [-0.05, 0) is 31.6 Å². The van der Waals surface area contributed by atoms with Crippen molar-refractivity contribution < 1.29 is 28.9 Å². The Morgan fingerprint density at radius 1 is 1.23 bits per heavy atom. The maximum absolute atomic E-state index is 12.4. The first-order valence-electron chi connectivity index (χ1n) is 7.93. The van der Waals surface area contributed by atoms with Crippen LogP contribution in [-0.2, 0) is 23.8 Å². The van der Waals surface area contributed by atoms with Gasteiger partial charge in [0, 0.05) is 18.4 Å². The number of fused-ring (bicyclic) bond motifs is 2. The average Bonchev–Trinajstić information content (AvgIpc) is 3.08. The number of esters is 2. The largest absolute Gasteiger partial charge is 0.456 e. The highest BCUT2D eigenvalue weighted by atomic mass is 16.7. The number of rotatable bonds is 4. The van der Waals surface area contributed by atoms with Crippen LogP contribution in [0.15, 0.2) is 12.7 Å². The second-order valence-electron chi connectivity index (χ2n) is 6.33. The number of hydrogen-bond donors (Lipinski definition) is 1. The molecule has 3 rings (SSSR count). The molecule has 0 aromatic rings. The summed E-state index contributed by atoms with van der Waals surface area (Å²) in [6.45, 7) is 3.97. The van der Waals surface area contributed by atoms with Gasteiger partial charge in [0.1, 0.15) is 6.10 Å². The van der Waals surface area contributed by atoms with Crippen molar-refractivity contribution in [1.82, 2.24) is 0 Å². The lowest BCUT2D eigenvalue weighted by atomic mass is 9.85. The average molecular weight is 310 g/mol. The number of ether oxygens (including phenoxy) is 3. The predicted octanol–water partition coefficient (Wildman–Crippen LogP) is 1.17.